The summed E-state index contributed by atoms with van der Waals surface area (Å²) in [5.41, 5.74) is -2.53. The molecule has 0 aliphatic rings. The average molecular weight is 413 g/mol. The second kappa shape index (κ2) is 7.77. The first-order valence-electron chi connectivity index (χ1n) is 7.98. The number of hydrogen-bond donors (Lipinski definition) is 2. The van der Waals surface area contributed by atoms with E-state index in [1.54, 1.807) is 6.07 Å². The molecule has 8 nitrogen and oxygen atoms in total. The molecule has 2 amide bonds. The van der Waals surface area contributed by atoms with Crippen molar-refractivity contribution in [1.82, 2.24) is 30.0 Å². The van der Waals surface area contributed by atoms with Crippen molar-refractivity contribution < 1.29 is 26.7 Å². The normalized spacial score (nSPS) is 12.5. The molecule has 2 N–H and O–H groups in total. The number of urea groups is 1. The molecule has 2 heterocycles. The molecule has 0 radical (unpaired) electrons. The zero-order valence-electron chi connectivity index (χ0n) is 14.6. The molecular formula is C16H12F5N7O. The Morgan fingerprint density at radius 3 is 2.45 bits per heavy atom. The Labute approximate surface area is 159 Å². The summed E-state index contributed by atoms with van der Waals surface area (Å²) in [5.74, 6) is -2.75. The Morgan fingerprint density at radius 1 is 1.10 bits per heavy atom. The monoisotopic (exact) mass is 413 g/mol. The number of halogens is 5. The maximum Gasteiger partial charge on any atom is 0.419 e. The van der Waals surface area contributed by atoms with Gasteiger partial charge in [-0.25, -0.2) is 28.5 Å². The second-order valence-electron chi connectivity index (χ2n) is 5.71. The number of amides is 2. The van der Waals surface area contributed by atoms with Crippen LogP contribution in [0.1, 0.15) is 24.4 Å². The highest BCUT2D eigenvalue weighted by Gasteiger charge is 2.35. The van der Waals surface area contributed by atoms with E-state index in [9.17, 15) is 26.7 Å². The van der Waals surface area contributed by atoms with Crippen LogP contribution in [0.3, 0.4) is 0 Å². The number of aromatic nitrogens is 5. The van der Waals surface area contributed by atoms with E-state index >= 15 is 0 Å². The molecule has 3 aromatic rings. The number of rotatable bonds is 4. The van der Waals surface area contributed by atoms with Crippen LogP contribution in [0, 0.1) is 11.6 Å². The highest BCUT2D eigenvalue weighted by atomic mass is 19.4. The maximum atomic E-state index is 13.9. The summed E-state index contributed by atoms with van der Waals surface area (Å²) in [6.45, 7) is 1.52. The number of benzene rings is 1. The quantitative estimate of drug-likeness (QED) is 0.640. The van der Waals surface area contributed by atoms with Gasteiger partial charge in [-0.1, -0.05) is 0 Å². The van der Waals surface area contributed by atoms with E-state index in [0.717, 1.165) is 0 Å². The Morgan fingerprint density at radius 2 is 1.79 bits per heavy atom. The van der Waals surface area contributed by atoms with Crippen molar-refractivity contribution >= 4 is 11.7 Å². The summed E-state index contributed by atoms with van der Waals surface area (Å²) in [5, 5.41) is 8.30. The number of carbonyl (C=O) groups is 1. The fraction of sp³-hybridized carbons (Fsp3) is 0.188. The van der Waals surface area contributed by atoms with Gasteiger partial charge in [0.05, 0.1) is 17.3 Å². The third-order valence-corrected chi connectivity index (χ3v) is 3.66. The van der Waals surface area contributed by atoms with E-state index in [0.29, 0.717) is 0 Å². The SMILES string of the molecule is CC(NC(=O)Nc1cc(F)c(C(F)(F)F)cc1F)c1ncnn1-c1ncccn1. The van der Waals surface area contributed by atoms with E-state index in [-0.39, 0.29) is 23.9 Å². The van der Waals surface area contributed by atoms with Gasteiger partial charge in [0, 0.05) is 18.5 Å². The van der Waals surface area contributed by atoms with E-state index in [1.165, 1.54) is 30.3 Å². The predicted octanol–water partition coefficient (Wildman–Crippen LogP) is 3.24. The number of alkyl halides is 3. The van der Waals surface area contributed by atoms with Gasteiger partial charge in [-0.05, 0) is 19.1 Å². The summed E-state index contributed by atoms with van der Waals surface area (Å²) in [4.78, 5) is 24.1. The van der Waals surface area contributed by atoms with Crippen LogP contribution in [0.25, 0.3) is 5.95 Å². The van der Waals surface area contributed by atoms with Crippen molar-refractivity contribution in [3.63, 3.8) is 0 Å². The topological polar surface area (TPSA) is 97.6 Å². The third kappa shape index (κ3) is 4.44. The largest absolute Gasteiger partial charge is 0.419 e. The standard InChI is InChI=1S/C16H12F5N7O/c1-8(13-24-7-25-28(13)14-22-3-2-4-23-14)26-15(29)27-12-6-10(17)9(5-11(12)18)16(19,20)21/h2-8H,1H3,(H2,26,27,29). The van der Waals surface area contributed by atoms with Gasteiger partial charge in [0.15, 0.2) is 5.82 Å². The second-order valence-corrected chi connectivity index (χ2v) is 5.71. The van der Waals surface area contributed by atoms with Gasteiger partial charge in [-0.3, -0.25) is 0 Å². The first kappa shape index (κ1) is 20.1. The maximum absolute atomic E-state index is 13.9. The summed E-state index contributed by atoms with van der Waals surface area (Å²) in [7, 11) is 0. The Bertz CT molecular complexity index is 1020. The zero-order chi connectivity index (χ0) is 21.2. The smallest absolute Gasteiger partial charge is 0.328 e. The van der Waals surface area contributed by atoms with Gasteiger partial charge in [0.1, 0.15) is 18.0 Å². The molecule has 152 valence electrons. The molecule has 0 aliphatic carbocycles. The van der Waals surface area contributed by atoms with Crippen LogP contribution in [-0.4, -0.2) is 30.8 Å². The molecule has 3 rings (SSSR count). The number of hydrogen-bond acceptors (Lipinski definition) is 5. The highest BCUT2D eigenvalue weighted by Crippen LogP contribution is 2.33. The Balaban J connectivity index is 1.74. The van der Waals surface area contributed by atoms with Crippen molar-refractivity contribution in [2.45, 2.75) is 19.1 Å². The van der Waals surface area contributed by atoms with E-state index < -0.39 is 41.1 Å². The minimum absolute atomic E-state index is 0.0300. The molecule has 29 heavy (non-hydrogen) atoms. The van der Waals surface area contributed by atoms with Crippen LogP contribution >= 0.6 is 0 Å². The molecule has 0 saturated carbocycles. The minimum Gasteiger partial charge on any atom is -0.328 e. The van der Waals surface area contributed by atoms with Gasteiger partial charge < -0.3 is 10.6 Å². The number of anilines is 1. The molecule has 1 atom stereocenters. The van der Waals surface area contributed by atoms with Gasteiger partial charge in [-0.2, -0.15) is 23.0 Å². The molecule has 0 fully saturated rings. The van der Waals surface area contributed by atoms with Crippen molar-refractivity contribution in [3.05, 3.63) is 59.9 Å². The summed E-state index contributed by atoms with van der Waals surface area (Å²) in [6, 6.07) is 0.0238. The first-order chi connectivity index (χ1) is 13.7. The molecule has 2 aromatic heterocycles. The number of nitrogens with one attached hydrogen (secondary N) is 2. The molecule has 1 aromatic carbocycles. The van der Waals surface area contributed by atoms with Crippen molar-refractivity contribution in [1.29, 1.82) is 0 Å². The molecular weight excluding hydrogens is 401 g/mol. The van der Waals surface area contributed by atoms with Crippen LogP contribution in [0.15, 0.2) is 36.9 Å². The van der Waals surface area contributed by atoms with Crippen LogP contribution in [0.2, 0.25) is 0 Å². The molecule has 13 heteroatoms. The van der Waals surface area contributed by atoms with Gasteiger partial charge in [-0.15, -0.1) is 0 Å². The fourth-order valence-corrected chi connectivity index (χ4v) is 2.38. The lowest BCUT2D eigenvalue weighted by Gasteiger charge is -2.15. The van der Waals surface area contributed by atoms with Crippen LogP contribution in [0.4, 0.5) is 32.4 Å². The number of nitrogens with zero attached hydrogens (tertiary/aromatic N) is 5. The average Bonchev–Trinajstić information content (AvgIpc) is 3.14. The van der Waals surface area contributed by atoms with Crippen LogP contribution < -0.4 is 10.6 Å². The van der Waals surface area contributed by atoms with Crippen molar-refractivity contribution in [3.8, 4) is 5.95 Å². The Hall–Kier alpha value is -3.64. The summed E-state index contributed by atoms with van der Waals surface area (Å²) < 4.78 is 66.5. The fourth-order valence-electron chi connectivity index (χ4n) is 2.38. The lowest BCUT2D eigenvalue weighted by molar-refractivity contribution is -0.140. The highest BCUT2D eigenvalue weighted by molar-refractivity contribution is 5.89. The summed E-state index contributed by atoms with van der Waals surface area (Å²) >= 11 is 0. The number of carbonyl (C=O) groups excluding carboxylic acids is 1. The van der Waals surface area contributed by atoms with Gasteiger partial charge in [0.2, 0.25) is 0 Å². The summed E-state index contributed by atoms with van der Waals surface area (Å²) in [6.07, 6.45) is -0.919. The third-order valence-electron chi connectivity index (χ3n) is 3.66. The van der Waals surface area contributed by atoms with Gasteiger partial charge in [0.25, 0.3) is 5.95 Å². The molecule has 0 spiro atoms. The molecule has 0 aliphatic heterocycles. The predicted molar refractivity (Wildman–Crippen MR) is 88.9 cm³/mol. The minimum atomic E-state index is -5.07. The first-order valence-corrected chi connectivity index (χ1v) is 7.98. The van der Waals surface area contributed by atoms with Crippen LogP contribution in [-0.2, 0) is 6.18 Å². The molecule has 0 saturated heterocycles. The Kier molecular flexibility index (Phi) is 5.39. The van der Waals surface area contributed by atoms with Crippen LogP contribution in [0.5, 0.6) is 0 Å². The lowest BCUT2D eigenvalue weighted by Crippen LogP contribution is -2.33. The van der Waals surface area contributed by atoms with E-state index in [1.807, 2.05) is 5.32 Å². The van der Waals surface area contributed by atoms with Gasteiger partial charge >= 0.3 is 12.2 Å². The zero-order valence-corrected chi connectivity index (χ0v) is 14.6. The molecule has 1 unspecified atom stereocenters. The molecule has 0 bridgehead atoms. The lowest BCUT2D eigenvalue weighted by atomic mass is 10.1. The van der Waals surface area contributed by atoms with Crippen molar-refractivity contribution in [2.75, 3.05) is 5.32 Å². The van der Waals surface area contributed by atoms with Crippen molar-refractivity contribution in [2.24, 2.45) is 0 Å². The van der Waals surface area contributed by atoms with E-state index in [2.05, 4.69) is 25.4 Å². The van der Waals surface area contributed by atoms with E-state index in [4.69, 9.17) is 0 Å².